The molecule has 2 aromatic rings. The van der Waals surface area contributed by atoms with Crippen LogP contribution < -0.4 is 20.3 Å². The number of fused-ring (bicyclic) bond motifs is 3. The van der Waals surface area contributed by atoms with Crippen molar-refractivity contribution >= 4 is 34.8 Å². The molecule has 0 radical (unpaired) electrons. The Hall–Kier alpha value is -3.55. The second-order valence-electron chi connectivity index (χ2n) is 7.40. The summed E-state index contributed by atoms with van der Waals surface area (Å²) >= 11 is 0. The molecule has 2 aromatic carbocycles. The highest BCUT2D eigenvalue weighted by Gasteiger charge is 2.36. The minimum Gasteiger partial charge on any atom is -0.495 e. The number of carbonyl (C=O) groups is 3. The number of esters is 1. The Kier molecular flexibility index (Phi) is 5.31. The quantitative estimate of drug-likeness (QED) is 0.737. The highest BCUT2D eigenvalue weighted by atomic mass is 16.5. The summed E-state index contributed by atoms with van der Waals surface area (Å²) in [6, 6.07) is 10.3. The van der Waals surface area contributed by atoms with Crippen molar-refractivity contribution < 1.29 is 23.9 Å². The van der Waals surface area contributed by atoms with Crippen molar-refractivity contribution in [3.63, 3.8) is 0 Å². The van der Waals surface area contributed by atoms with E-state index in [0.29, 0.717) is 17.1 Å². The first kappa shape index (κ1) is 19.8. The van der Waals surface area contributed by atoms with E-state index >= 15 is 0 Å². The molecule has 156 valence electrons. The maximum atomic E-state index is 12.4. The molecule has 2 heterocycles. The molecule has 0 aliphatic carbocycles. The van der Waals surface area contributed by atoms with E-state index in [4.69, 9.17) is 9.47 Å². The third-order valence-electron chi connectivity index (χ3n) is 5.32. The number of amides is 2. The van der Waals surface area contributed by atoms with Crippen LogP contribution in [0.4, 0.5) is 17.1 Å². The lowest BCUT2D eigenvalue weighted by Crippen LogP contribution is -2.43. The van der Waals surface area contributed by atoms with Crippen molar-refractivity contribution in [1.82, 2.24) is 0 Å². The van der Waals surface area contributed by atoms with Gasteiger partial charge in [0.1, 0.15) is 11.8 Å². The molecule has 0 aromatic heterocycles. The molecule has 0 spiro atoms. The minimum atomic E-state index is -0.637. The minimum absolute atomic E-state index is 0.0583. The van der Waals surface area contributed by atoms with E-state index in [-0.39, 0.29) is 17.5 Å². The van der Waals surface area contributed by atoms with E-state index in [0.717, 1.165) is 30.6 Å². The van der Waals surface area contributed by atoms with Gasteiger partial charge in [0, 0.05) is 6.54 Å². The molecule has 1 atom stereocenters. The van der Waals surface area contributed by atoms with Gasteiger partial charge in [-0.15, -0.1) is 0 Å². The van der Waals surface area contributed by atoms with Gasteiger partial charge in [-0.1, -0.05) is 6.07 Å². The van der Waals surface area contributed by atoms with E-state index < -0.39 is 18.5 Å². The van der Waals surface area contributed by atoms with Crippen LogP contribution in [0.5, 0.6) is 5.75 Å². The summed E-state index contributed by atoms with van der Waals surface area (Å²) in [6.07, 6.45) is 1.79. The lowest BCUT2D eigenvalue weighted by molar-refractivity contribution is -0.119. The predicted molar refractivity (Wildman–Crippen MR) is 112 cm³/mol. The van der Waals surface area contributed by atoms with E-state index in [1.807, 2.05) is 13.0 Å². The number of ether oxygens (including phenoxy) is 2. The number of aryl methyl sites for hydroxylation is 1. The van der Waals surface area contributed by atoms with Crippen molar-refractivity contribution in [2.45, 2.75) is 25.8 Å². The van der Waals surface area contributed by atoms with Gasteiger partial charge in [-0.05, 0) is 55.7 Å². The Morgan fingerprint density at radius 2 is 2.07 bits per heavy atom. The molecular formula is C22H23N3O5. The third kappa shape index (κ3) is 3.80. The molecule has 0 unspecified atom stereocenters. The van der Waals surface area contributed by atoms with Crippen molar-refractivity contribution in [1.29, 1.82) is 0 Å². The molecule has 1 saturated heterocycles. The van der Waals surface area contributed by atoms with Crippen LogP contribution in [0.1, 0.15) is 28.8 Å². The van der Waals surface area contributed by atoms with Gasteiger partial charge in [-0.25, -0.2) is 4.79 Å². The van der Waals surface area contributed by atoms with E-state index in [2.05, 4.69) is 15.5 Å². The van der Waals surface area contributed by atoms with Gasteiger partial charge in [-0.3, -0.25) is 9.59 Å². The van der Waals surface area contributed by atoms with Gasteiger partial charge in [0.2, 0.25) is 5.91 Å². The van der Waals surface area contributed by atoms with Crippen LogP contribution in [0, 0.1) is 6.92 Å². The summed E-state index contributed by atoms with van der Waals surface area (Å²) < 4.78 is 10.4. The molecule has 2 N–H and O–H groups in total. The molecule has 2 aliphatic rings. The fraction of sp³-hybridized carbons (Fsp3) is 0.318. The summed E-state index contributed by atoms with van der Waals surface area (Å²) in [4.78, 5) is 39.0. The third-order valence-corrected chi connectivity index (χ3v) is 5.32. The van der Waals surface area contributed by atoms with E-state index in [1.165, 1.54) is 7.11 Å². The SMILES string of the molecule is COc1ccc(C)cc1NC(=O)COC(=O)c1ccc2c(c1)NC(=O)[C@@H]1CCCN21. The second-order valence-corrected chi connectivity index (χ2v) is 7.40. The molecule has 4 rings (SSSR count). The number of hydrogen-bond donors (Lipinski definition) is 2. The smallest absolute Gasteiger partial charge is 0.338 e. The van der Waals surface area contributed by atoms with Gasteiger partial charge in [-0.2, -0.15) is 0 Å². The van der Waals surface area contributed by atoms with Crippen molar-refractivity contribution in [2.75, 3.05) is 35.8 Å². The van der Waals surface area contributed by atoms with Gasteiger partial charge >= 0.3 is 5.97 Å². The standard InChI is InChI=1S/C22H23N3O5/c1-13-5-8-19(29-2)16(10-13)23-20(26)12-30-22(28)14-6-7-17-15(11-14)24-21(27)18-4-3-9-25(17)18/h5-8,10-11,18H,3-4,9,12H2,1-2H3,(H,23,26)(H,24,27)/t18-/m0/s1. The number of rotatable bonds is 5. The maximum Gasteiger partial charge on any atom is 0.338 e. The summed E-state index contributed by atoms with van der Waals surface area (Å²) in [5.41, 5.74) is 3.22. The topological polar surface area (TPSA) is 97.0 Å². The Balaban J connectivity index is 1.40. The van der Waals surface area contributed by atoms with Crippen molar-refractivity contribution in [3.05, 3.63) is 47.5 Å². The zero-order valence-corrected chi connectivity index (χ0v) is 16.9. The number of benzene rings is 2. The van der Waals surface area contributed by atoms with Gasteiger partial charge in [0.25, 0.3) is 5.91 Å². The highest BCUT2D eigenvalue weighted by Crippen LogP contribution is 2.37. The molecular weight excluding hydrogens is 386 g/mol. The Morgan fingerprint density at radius 3 is 2.87 bits per heavy atom. The number of carbonyl (C=O) groups excluding carboxylic acids is 3. The van der Waals surface area contributed by atoms with Gasteiger partial charge < -0.3 is 25.0 Å². The molecule has 8 heteroatoms. The lowest BCUT2D eigenvalue weighted by atomic mass is 10.1. The first-order valence-electron chi connectivity index (χ1n) is 9.79. The average molecular weight is 409 g/mol. The van der Waals surface area contributed by atoms with E-state index in [9.17, 15) is 14.4 Å². The maximum absolute atomic E-state index is 12.4. The van der Waals surface area contributed by atoms with Crippen LogP contribution in [0.3, 0.4) is 0 Å². The fourth-order valence-corrected chi connectivity index (χ4v) is 3.88. The van der Waals surface area contributed by atoms with Crippen LogP contribution in [0.2, 0.25) is 0 Å². The molecule has 2 aliphatic heterocycles. The monoisotopic (exact) mass is 409 g/mol. The molecule has 0 saturated carbocycles. The lowest BCUT2D eigenvalue weighted by Gasteiger charge is -2.33. The average Bonchev–Trinajstić information content (AvgIpc) is 3.23. The highest BCUT2D eigenvalue weighted by molar-refractivity contribution is 6.05. The van der Waals surface area contributed by atoms with Gasteiger partial charge in [0.05, 0.1) is 29.7 Å². The van der Waals surface area contributed by atoms with Crippen LogP contribution in [-0.4, -0.2) is 44.1 Å². The van der Waals surface area contributed by atoms with Crippen LogP contribution in [-0.2, 0) is 14.3 Å². The number of hydrogen-bond acceptors (Lipinski definition) is 6. The predicted octanol–water partition coefficient (Wildman–Crippen LogP) is 2.72. The number of methoxy groups -OCH3 is 1. The second kappa shape index (κ2) is 8.06. The van der Waals surface area contributed by atoms with Crippen LogP contribution >= 0.6 is 0 Å². The molecule has 1 fully saturated rings. The van der Waals surface area contributed by atoms with Crippen molar-refractivity contribution in [3.8, 4) is 5.75 Å². The largest absolute Gasteiger partial charge is 0.495 e. The molecule has 8 nitrogen and oxygen atoms in total. The van der Waals surface area contributed by atoms with Crippen molar-refractivity contribution in [2.24, 2.45) is 0 Å². The molecule has 0 bridgehead atoms. The number of nitrogens with zero attached hydrogens (tertiary/aromatic N) is 1. The summed E-state index contributed by atoms with van der Waals surface area (Å²) in [5.74, 6) is -0.650. The van der Waals surface area contributed by atoms with Crippen LogP contribution in [0.25, 0.3) is 0 Å². The normalized spacial score (nSPS) is 16.9. The summed E-state index contributed by atoms with van der Waals surface area (Å²) in [7, 11) is 1.51. The first-order chi connectivity index (χ1) is 14.5. The Bertz CT molecular complexity index is 1020. The van der Waals surface area contributed by atoms with Gasteiger partial charge in [0.15, 0.2) is 6.61 Å². The van der Waals surface area contributed by atoms with E-state index in [1.54, 1.807) is 30.3 Å². The van der Waals surface area contributed by atoms with Crippen LogP contribution in [0.15, 0.2) is 36.4 Å². The summed E-state index contributed by atoms with van der Waals surface area (Å²) in [6.45, 7) is 2.28. The molecule has 2 amide bonds. The number of anilines is 3. The fourth-order valence-electron chi connectivity index (χ4n) is 3.88. The first-order valence-corrected chi connectivity index (χ1v) is 9.79. The zero-order valence-electron chi connectivity index (χ0n) is 16.9. The zero-order chi connectivity index (χ0) is 21.3. The number of nitrogens with one attached hydrogen (secondary N) is 2. The Morgan fingerprint density at radius 1 is 1.23 bits per heavy atom. The summed E-state index contributed by atoms with van der Waals surface area (Å²) in [5, 5.41) is 5.55. The molecule has 30 heavy (non-hydrogen) atoms. The Labute approximate surface area is 174 Å².